The maximum absolute atomic E-state index is 12.6. The van der Waals surface area contributed by atoms with Crippen LogP contribution < -0.4 is 10.6 Å². The van der Waals surface area contributed by atoms with Gasteiger partial charge >= 0.3 is 0 Å². The summed E-state index contributed by atoms with van der Waals surface area (Å²) in [7, 11) is 0. The first-order valence-corrected chi connectivity index (χ1v) is 8.28. The number of fused-ring (bicyclic) bond motifs is 1. The van der Waals surface area contributed by atoms with E-state index in [9.17, 15) is 9.59 Å². The zero-order valence-corrected chi connectivity index (χ0v) is 16.0. The summed E-state index contributed by atoms with van der Waals surface area (Å²) in [5.74, 6) is 0.149. The normalized spacial score (nSPS) is 16.4. The molecule has 2 heterocycles. The van der Waals surface area contributed by atoms with Gasteiger partial charge in [0.15, 0.2) is 0 Å². The summed E-state index contributed by atoms with van der Waals surface area (Å²) in [5.41, 5.74) is 3.28. The third kappa shape index (κ3) is 5.31. The van der Waals surface area contributed by atoms with Crippen molar-refractivity contribution in [2.45, 2.75) is 20.0 Å². The first kappa shape index (κ1) is 21.7. The van der Waals surface area contributed by atoms with Gasteiger partial charge in [-0.3, -0.25) is 14.5 Å². The third-order valence-electron chi connectivity index (χ3n) is 4.48. The molecule has 0 bridgehead atoms. The van der Waals surface area contributed by atoms with E-state index in [2.05, 4.69) is 15.5 Å². The van der Waals surface area contributed by atoms with E-state index in [4.69, 9.17) is 0 Å². The molecule has 0 saturated carbocycles. The standard InChI is InChI=1S/C17H24N4O2.2ClH/c1-2-19-16(22)12-20-5-7-21(8-6-20)17(23)13-3-4-14-10-18-11-15(14)9-13;;/h3-4,9,18H,2,5-8,10-12H2,1H3,(H,19,22);2*1H. The predicted molar refractivity (Wildman–Crippen MR) is 103 cm³/mol. The Morgan fingerprint density at radius 2 is 1.76 bits per heavy atom. The van der Waals surface area contributed by atoms with Crippen molar-refractivity contribution in [1.82, 2.24) is 20.4 Å². The van der Waals surface area contributed by atoms with Crippen LogP contribution in [0.15, 0.2) is 18.2 Å². The van der Waals surface area contributed by atoms with Crippen LogP contribution in [-0.4, -0.2) is 60.9 Å². The topological polar surface area (TPSA) is 64.7 Å². The highest BCUT2D eigenvalue weighted by atomic mass is 35.5. The molecule has 2 N–H and O–H groups in total. The summed E-state index contributed by atoms with van der Waals surface area (Å²) in [6, 6.07) is 5.99. The number of nitrogens with zero attached hydrogens (tertiary/aromatic N) is 2. The smallest absolute Gasteiger partial charge is 0.253 e. The SMILES string of the molecule is CCNC(=O)CN1CCN(C(=O)c2ccc3c(c2)CNC3)CC1.Cl.Cl. The number of piperazine rings is 1. The van der Waals surface area contributed by atoms with Crippen molar-refractivity contribution in [3.05, 3.63) is 34.9 Å². The van der Waals surface area contributed by atoms with Gasteiger partial charge in [0.2, 0.25) is 5.91 Å². The van der Waals surface area contributed by atoms with Crippen molar-refractivity contribution >= 4 is 36.6 Å². The van der Waals surface area contributed by atoms with E-state index in [1.807, 2.05) is 30.0 Å². The van der Waals surface area contributed by atoms with Crippen LogP contribution in [0.5, 0.6) is 0 Å². The summed E-state index contributed by atoms with van der Waals surface area (Å²) in [5, 5.41) is 6.11. The predicted octanol–water partition coefficient (Wildman–Crippen LogP) is 1.03. The zero-order valence-electron chi connectivity index (χ0n) is 14.4. The van der Waals surface area contributed by atoms with Crippen LogP contribution in [0.1, 0.15) is 28.4 Å². The molecule has 0 radical (unpaired) electrons. The molecule has 8 heteroatoms. The van der Waals surface area contributed by atoms with Gasteiger partial charge in [-0.1, -0.05) is 6.07 Å². The van der Waals surface area contributed by atoms with Gasteiger partial charge < -0.3 is 15.5 Å². The van der Waals surface area contributed by atoms with Gasteiger partial charge in [0, 0.05) is 51.4 Å². The van der Waals surface area contributed by atoms with Gasteiger partial charge in [-0.15, -0.1) is 24.8 Å². The zero-order chi connectivity index (χ0) is 16.2. The monoisotopic (exact) mass is 388 g/mol. The molecule has 1 aromatic carbocycles. The van der Waals surface area contributed by atoms with E-state index < -0.39 is 0 Å². The van der Waals surface area contributed by atoms with Crippen molar-refractivity contribution in [2.24, 2.45) is 0 Å². The summed E-state index contributed by atoms with van der Waals surface area (Å²) < 4.78 is 0. The van der Waals surface area contributed by atoms with Crippen molar-refractivity contribution in [3.8, 4) is 0 Å². The second-order valence-corrected chi connectivity index (χ2v) is 6.11. The van der Waals surface area contributed by atoms with Gasteiger partial charge in [-0.05, 0) is 30.2 Å². The second kappa shape index (κ2) is 9.97. The molecule has 0 atom stereocenters. The molecule has 0 unspecified atom stereocenters. The van der Waals surface area contributed by atoms with Crippen LogP contribution in [0.25, 0.3) is 0 Å². The molecule has 2 amide bonds. The number of amides is 2. The van der Waals surface area contributed by atoms with Crippen LogP contribution in [0.4, 0.5) is 0 Å². The number of halogens is 2. The number of carbonyl (C=O) groups excluding carboxylic acids is 2. The third-order valence-corrected chi connectivity index (χ3v) is 4.48. The Hall–Kier alpha value is -1.34. The number of likely N-dealkylation sites (N-methyl/N-ethyl adjacent to an activating group) is 1. The number of rotatable bonds is 4. The van der Waals surface area contributed by atoms with Crippen molar-refractivity contribution in [3.63, 3.8) is 0 Å². The highest BCUT2D eigenvalue weighted by molar-refractivity contribution is 5.94. The Labute approximate surface area is 161 Å². The maximum Gasteiger partial charge on any atom is 0.253 e. The van der Waals surface area contributed by atoms with E-state index in [0.29, 0.717) is 26.2 Å². The minimum absolute atomic E-state index is 0. The van der Waals surface area contributed by atoms with E-state index >= 15 is 0 Å². The minimum Gasteiger partial charge on any atom is -0.355 e. The average molecular weight is 389 g/mol. The van der Waals surface area contributed by atoms with Crippen LogP contribution in [0.2, 0.25) is 0 Å². The van der Waals surface area contributed by atoms with Gasteiger partial charge in [-0.2, -0.15) is 0 Å². The van der Waals surface area contributed by atoms with Crippen LogP contribution in [-0.2, 0) is 17.9 Å². The minimum atomic E-state index is 0. The fourth-order valence-electron chi connectivity index (χ4n) is 3.18. The molecule has 3 rings (SSSR count). The van der Waals surface area contributed by atoms with Gasteiger partial charge in [0.25, 0.3) is 5.91 Å². The summed E-state index contributed by atoms with van der Waals surface area (Å²) in [4.78, 5) is 28.2. The molecule has 0 aromatic heterocycles. The van der Waals surface area contributed by atoms with Crippen molar-refractivity contribution < 1.29 is 9.59 Å². The summed E-state index contributed by atoms with van der Waals surface area (Å²) >= 11 is 0. The molecule has 6 nitrogen and oxygen atoms in total. The lowest BCUT2D eigenvalue weighted by molar-refractivity contribution is -0.122. The van der Waals surface area contributed by atoms with E-state index in [1.54, 1.807) is 0 Å². The molecule has 0 aliphatic carbocycles. The number of carbonyl (C=O) groups is 2. The highest BCUT2D eigenvalue weighted by Gasteiger charge is 2.24. The highest BCUT2D eigenvalue weighted by Crippen LogP contribution is 2.18. The number of benzene rings is 1. The van der Waals surface area contributed by atoms with E-state index in [0.717, 1.165) is 31.7 Å². The van der Waals surface area contributed by atoms with Crippen LogP contribution >= 0.6 is 24.8 Å². The van der Waals surface area contributed by atoms with Crippen molar-refractivity contribution in [2.75, 3.05) is 39.3 Å². The molecule has 25 heavy (non-hydrogen) atoms. The number of nitrogens with one attached hydrogen (secondary N) is 2. The quantitative estimate of drug-likeness (QED) is 0.808. The average Bonchev–Trinajstić information content (AvgIpc) is 3.02. The molecule has 2 aliphatic heterocycles. The molecule has 140 valence electrons. The molecule has 0 spiro atoms. The van der Waals surface area contributed by atoms with Crippen molar-refractivity contribution in [1.29, 1.82) is 0 Å². The molecular weight excluding hydrogens is 363 g/mol. The first-order valence-electron chi connectivity index (χ1n) is 8.28. The molecular formula is C17H26Cl2N4O2. The van der Waals surface area contributed by atoms with Crippen LogP contribution in [0.3, 0.4) is 0 Å². The second-order valence-electron chi connectivity index (χ2n) is 6.11. The fourth-order valence-corrected chi connectivity index (χ4v) is 3.18. The molecule has 1 fully saturated rings. The lowest BCUT2D eigenvalue weighted by Gasteiger charge is -2.34. The lowest BCUT2D eigenvalue weighted by atomic mass is 10.1. The number of hydrogen-bond donors (Lipinski definition) is 2. The Kier molecular flexibility index (Phi) is 8.65. The largest absolute Gasteiger partial charge is 0.355 e. The Balaban J connectivity index is 0.00000156. The van der Waals surface area contributed by atoms with E-state index in [1.165, 1.54) is 11.1 Å². The fraction of sp³-hybridized carbons (Fsp3) is 0.529. The Morgan fingerprint density at radius 1 is 1.08 bits per heavy atom. The van der Waals surface area contributed by atoms with Gasteiger partial charge in [-0.25, -0.2) is 0 Å². The molecule has 2 aliphatic rings. The van der Waals surface area contributed by atoms with Gasteiger partial charge in [0.1, 0.15) is 0 Å². The Bertz CT molecular complexity index is 604. The lowest BCUT2D eigenvalue weighted by Crippen LogP contribution is -2.51. The molecule has 1 saturated heterocycles. The number of hydrogen-bond acceptors (Lipinski definition) is 4. The summed E-state index contributed by atoms with van der Waals surface area (Å²) in [6.07, 6.45) is 0. The molecule has 1 aromatic rings. The van der Waals surface area contributed by atoms with Crippen LogP contribution in [0, 0.1) is 0 Å². The maximum atomic E-state index is 12.6. The first-order chi connectivity index (χ1) is 11.2. The summed E-state index contributed by atoms with van der Waals surface area (Å²) in [6.45, 7) is 7.57. The van der Waals surface area contributed by atoms with E-state index in [-0.39, 0.29) is 36.6 Å². The van der Waals surface area contributed by atoms with Gasteiger partial charge in [0.05, 0.1) is 6.54 Å². The Morgan fingerprint density at radius 3 is 2.44 bits per heavy atom.